The topological polar surface area (TPSA) is 77.8 Å². The van der Waals surface area contributed by atoms with Gasteiger partial charge >= 0.3 is 5.97 Å². The van der Waals surface area contributed by atoms with E-state index in [2.05, 4.69) is 0 Å². The molecule has 1 saturated heterocycles. The molecule has 0 spiro atoms. The lowest BCUT2D eigenvalue weighted by Gasteiger charge is -2.19. The van der Waals surface area contributed by atoms with E-state index in [9.17, 15) is 14.7 Å². The van der Waals surface area contributed by atoms with E-state index in [4.69, 9.17) is 5.11 Å². The molecule has 0 aliphatic carbocycles. The second kappa shape index (κ2) is 5.54. The van der Waals surface area contributed by atoms with Gasteiger partial charge < -0.3 is 15.1 Å². The predicted octanol–water partition coefficient (Wildman–Crippen LogP) is 1.12. The fraction of sp³-hybridized carbons (Fsp3) is 0.385. The van der Waals surface area contributed by atoms with E-state index in [1.165, 1.54) is 11.0 Å². The van der Waals surface area contributed by atoms with Crippen LogP contribution in [0.25, 0.3) is 6.08 Å². The monoisotopic (exact) mass is 281 g/mol. The molecule has 1 aromatic heterocycles. The highest BCUT2D eigenvalue weighted by Gasteiger charge is 2.37. The number of likely N-dealkylation sites (tertiary alicyclic amines) is 1. The molecule has 1 aliphatic rings. The van der Waals surface area contributed by atoms with Crippen LogP contribution in [0.3, 0.4) is 0 Å². The molecular weight excluding hydrogens is 266 g/mol. The highest BCUT2D eigenvalue weighted by Crippen LogP contribution is 2.20. The summed E-state index contributed by atoms with van der Waals surface area (Å²) in [5, 5.41) is 18.5. The average Bonchev–Trinajstić information content (AvgIpc) is 2.92. The number of carbonyl (C=O) groups is 2. The molecule has 0 radical (unpaired) electrons. The van der Waals surface area contributed by atoms with Crippen LogP contribution in [0.2, 0.25) is 0 Å². The minimum Gasteiger partial charge on any atom is -0.480 e. The number of amides is 1. The third-order valence-corrected chi connectivity index (χ3v) is 3.96. The first-order chi connectivity index (χ1) is 8.97. The van der Waals surface area contributed by atoms with Gasteiger partial charge in [-0.25, -0.2) is 4.79 Å². The normalized spacial score (nSPS) is 23.2. The van der Waals surface area contributed by atoms with Crippen molar-refractivity contribution < 1.29 is 19.8 Å². The van der Waals surface area contributed by atoms with Crippen LogP contribution < -0.4 is 0 Å². The van der Waals surface area contributed by atoms with Crippen LogP contribution in [0.1, 0.15) is 16.2 Å². The number of aryl methyl sites for hydroxylation is 1. The van der Waals surface area contributed by atoms with Crippen molar-refractivity contribution in [1.82, 2.24) is 4.90 Å². The Bertz CT molecular complexity index is 522. The molecule has 1 aliphatic heterocycles. The molecule has 2 rings (SSSR count). The number of nitrogens with zero attached hydrogens (tertiary/aromatic N) is 1. The molecule has 1 aromatic rings. The van der Waals surface area contributed by atoms with E-state index < -0.39 is 18.1 Å². The fourth-order valence-electron chi connectivity index (χ4n) is 2.08. The number of thiophene rings is 1. The molecular formula is C13H15NO4S. The van der Waals surface area contributed by atoms with Gasteiger partial charge in [0.2, 0.25) is 5.91 Å². The van der Waals surface area contributed by atoms with Gasteiger partial charge in [0.05, 0.1) is 6.10 Å². The second-order valence-electron chi connectivity index (χ2n) is 4.52. The lowest BCUT2D eigenvalue weighted by molar-refractivity contribution is -0.146. The number of aliphatic carboxylic acids is 1. The van der Waals surface area contributed by atoms with Crippen LogP contribution in [-0.2, 0) is 9.59 Å². The van der Waals surface area contributed by atoms with Crippen molar-refractivity contribution in [3.63, 3.8) is 0 Å². The number of carbonyl (C=O) groups excluding carboxylic acids is 1. The number of carboxylic acid groups (broad SMARTS) is 1. The van der Waals surface area contributed by atoms with E-state index in [-0.39, 0.29) is 18.9 Å². The number of aliphatic hydroxyl groups is 1. The van der Waals surface area contributed by atoms with Crippen LogP contribution >= 0.6 is 11.3 Å². The summed E-state index contributed by atoms with van der Waals surface area (Å²) in [6.07, 6.45) is 2.36. The number of hydrogen-bond acceptors (Lipinski definition) is 4. The van der Waals surface area contributed by atoms with E-state index in [0.29, 0.717) is 0 Å². The Balaban J connectivity index is 2.06. The zero-order valence-electron chi connectivity index (χ0n) is 10.4. The van der Waals surface area contributed by atoms with E-state index >= 15 is 0 Å². The second-order valence-corrected chi connectivity index (χ2v) is 5.84. The molecule has 1 amide bonds. The Labute approximate surface area is 114 Å². The Morgan fingerprint density at radius 2 is 2.21 bits per heavy atom. The van der Waals surface area contributed by atoms with Gasteiger partial charge in [0.25, 0.3) is 0 Å². The molecule has 19 heavy (non-hydrogen) atoms. The number of β-amino-alcohol motifs (C(OH)–C–C–N with tert-alkyl or cyclic N) is 1. The van der Waals surface area contributed by atoms with E-state index in [1.807, 2.05) is 19.1 Å². The molecule has 0 bridgehead atoms. The van der Waals surface area contributed by atoms with E-state index in [1.54, 1.807) is 17.4 Å². The lowest BCUT2D eigenvalue weighted by Crippen LogP contribution is -2.39. The maximum atomic E-state index is 12.0. The molecule has 0 saturated carbocycles. The highest BCUT2D eigenvalue weighted by atomic mass is 32.1. The van der Waals surface area contributed by atoms with Crippen LogP contribution in [-0.4, -0.2) is 45.7 Å². The number of hydrogen-bond donors (Lipinski definition) is 2. The Hall–Kier alpha value is -1.66. The third kappa shape index (κ3) is 3.21. The number of rotatable bonds is 3. The van der Waals surface area contributed by atoms with Crippen LogP contribution in [0.15, 0.2) is 18.2 Å². The van der Waals surface area contributed by atoms with Crippen molar-refractivity contribution in [2.75, 3.05) is 6.54 Å². The third-order valence-electron chi connectivity index (χ3n) is 3.00. The summed E-state index contributed by atoms with van der Waals surface area (Å²) in [6, 6.07) is 2.92. The fourth-order valence-corrected chi connectivity index (χ4v) is 2.86. The van der Waals surface area contributed by atoms with Crippen molar-refractivity contribution in [3.05, 3.63) is 28.0 Å². The first-order valence-electron chi connectivity index (χ1n) is 5.93. The molecule has 102 valence electrons. The van der Waals surface area contributed by atoms with E-state index in [0.717, 1.165) is 9.75 Å². The molecule has 6 heteroatoms. The van der Waals surface area contributed by atoms with Crippen molar-refractivity contribution in [2.24, 2.45) is 0 Å². The quantitative estimate of drug-likeness (QED) is 0.814. The van der Waals surface area contributed by atoms with Gasteiger partial charge in [0.1, 0.15) is 6.04 Å². The van der Waals surface area contributed by atoms with Crippen LogP contribution in [0.5, 0.6) is 0 Å². The number of aliphatic hydroxyl groups excluding tert-OH is 1. The minimum absolute atomic E-state index is 0.0730. The van der Waals surface area contributed by atoms with Gasteiger partial charge in [-0.2, -0.15) is 0 Å². The zero-order chi connectivity index (χ0) is 14.0. The summed E-state index contributed by atoms with van der Waals surface area (Å²) in [7, 11) is 0. The molecule has 2 atom stereocenters. The van der Waals surface area contributed by atoms with Gasteiger partial charge in [-0.05, 0) is 25.1 Å². The summed E-state index contributed by atoms with van der Waals surface area (Å²) in [4.78, 5) is 26.3. The molecule has 2 N–H and O–H groups in total. The summed E-state index contributed by atoms with van der Waals surface area (Å²) in [5.41, 5.74) is 0. The molecule has 1 fully saturated rings. The average molecular weight is 281 g/mol. The largest absolute Gasteiger partial charge is 0.480 e. The Morgan fingerprint density at radius 3 is 2.79 bits per heavy atom. The maximum absolute atomic E-state index is 12.0. The molecule has 0 unspecified atom stereocenters. The Morgan fingerprint density at radius 1 is 1.47 bits per heavy atom. The molecule has 5 nitrogen and oxygen atoms in total. The molecule has 2 heterocycles. The van der Waals surface area contributed by atoms with Crippen molar-refractivity contribution >= 4 is 29.3 Å². The maximum Gasteiger partial charge on any atom is 0.326 e. The SMILES string of the molecule is Cc1ccc(C=CC(=O)N2C[C@H](O)C[C@@H]2C(=O)O)s1. The summed E-state index contributed by atoms with van der Waals surface area (Å²) in [5.74, 6) is -1.46. The van der Waals surface area contributed by atoms with Crippen molar-refractivity contribution in [3.8, 4) is 0 Å². The van der Waals surface area contributed by atoms with Gasteiger partial charge in [-0.1, -0.05) is 0 Å². The van der Waals surface area contributed by atoms with Gasteiger partial charge in [0, 0.05) is 28.8 Å². The summed E-state index contributed by atoms with van der Waals surface area (Å²) in [6.45, 7) is 2.05. The van der Waals surface area contributed by atoms with Crippen molar-refractivity contribution in [2.45, 2.75) is 25.5 Å². The van der Waals surface area contributed by atoms with Crippen LogP contribution in [0, 0.1) is 6.92 Å². The number of carboxylic acids is 1. The Kier molecular flexibility index (Phi) is 4.01. The standard InChI is InChI=1S/C13H15NO4S/c1-8-2-3-10(19-8)4-5-12(16)14-7-9(15)6-11(14)13(17)18/h2-5,9,11,15H,6-7H2,1H3,(H,17,18)/t9-,11-/m1/s1. The summed E-state index contributed by atoms with van der Waals surface area (Å²) < 4.78 is 0. The zero-order valence-corrected chi connectivity index (χ0v) is 11.3. The van der Waals surface area contributed by atoms with Gasteiger partial charge in [-0.3, -0.25) is 4.79 Å². The lowest BCUT2D eigenvalue weighted by atomic mass is 10.2. The van der Waals surface area contributed by atoms with Gasteiger partial charge in [-0.15, -0.1) is 11.3 Å². The highest BCUT2D eigenvalue weighted by molar-refractivity contribution is 7.12. The first kappa shape index (κ1) is 13.8. The minimum atomic E-state index is -1.08. The molecule has 0 aromatic carbocycles. The smallest absolute Gasteiger partial charge is 0.326 e. The van der Waals surface area contributed by atoms with Crippen molar-refractivity contribution in [1.29, 1.82) is 0 Å². The first-order valence-corrected chi connectivity index (χ1v) is 6.75. The van der Waals surface area contributed by atoms with Crippen LogP contribution in [0.4, 0.5) is 0 Å². The summed E-state index contributed by atoms with van der Waals surface area (Å²) >= 11 is 1.56. The van der Waals surface area contributed by atoms with Gasteiger partial charge in [0.15, 0.2) is 0 Å². The predicted molar refractivity (Wildman–Crippen MR) is 71.9 cm³/mol.